The van der Waals surface area contributed by atoms with Gasteiger partial charge in [0, 0.05) is 32.7 Å². The Kier molecular flexibility index (Phi) is 6.81. The highest BCUT2D eigenvalue weighted by atomic mass is 19.4. The molecule has 0 bridgehead atoms. The lowest BCUT2D eigenvalue weighted by Gasteiger charge is -2.13. The number of nitrogens with zero attached hydrogens (tertiary/aromatic N) is 1. The Morgan fingerprint density at radius 2 is 1.63 bits per heavy atom. The molecule has 0 heterocycles. The fourth-order valence-corrected chi connectivity index (χ4v) is 2.37. The standard InChI is InChI=1S/C19H21F3N4O/c1-23-17(27)15-5-3-4-14(10-15)12-26-18(24-2)25-11-13-6-8-16(9-7-13)19(20,21)22/h3-10H,11-12H2,1-2H3,(H,23,27)(H2,24,25,26). The molecule has 2 aromatic carbocycles. The van der Waals surface area contributed by atoms with E-state index in [1.807, 2.05) is 6.07 Å². The Morgan fingerprint density at radius 1 is 1.00 bits per heavy atom. The lowest BCUT2D eigenvalue weighted by molar-refractivity contribution is -0.137. The van der Waals surface area contributed by atoms with Crippen LogP contribution in [0, 0.1) is 0 Å². The predicted molar refractivity (Wildman–Crippen MR) is 98.3 cm³/mol. The first-order chi connectivity index (χ1) is 12.8. The molecule has 0 aliphatic heterocycles. The topological polar surface area (TPSA) is 65.5 Å². The second-order valence-corrected chi connectivity index (χ2v) is 5.75. The van der Waals surface area contributed by atoms with Crippen LogP contribution in [0.2, 0.25) is 0 Å². The maximum absolute atomic E-state index is 12.6. The van der Waals surface area contributed by atoms with Gasteiger partial charge in [0.1, 0.15) is 0 Å². The summed E-state index contributed by atoms with van der Waals surface area (Å²) in [4.78, 5) is 15.8. The van der Waals surface area contributed by atoms with Crippen molar-refractivity contribution in [3.05, 3.63) is 70.8 Å². The van der Waals surface area contributed by atoms with Gasteiger partial charge in [-0.15, -0.1) is 0 Å². The van der Waals surface area contributed by atoms with Gasteiger partial charge in [0.05, 0.1) is 5.56 Å². The molecule has 0 fully saturated rings. The Hall–Kier alpha value is -3.03. The van der Waals surface area contributed by atoms with Crippen LogP contribution < -0.4 is 16.0 Å². The summed E-state index contributed by atoms with van der Waals surface area (Å²) >= 11 is 0. The molecule has 0 saturated carbocycles. The molecule has 0 unspecified atom stereocenters. The van der Waals surface area contributed by atoms with E-state index in [0.29, 0.717) is 30.2 Å². The summed E-state index contributed by atoms with van der Waals surface area (Å²) in [7, 11) is 3.17. The van der Waals surface area contributed by atoms with Crippen molar-refractivity contribution in [1.29, 1.82) is 0 Å². The molecule has 0 spiro atoms. The Morgan fingerprint density at radius 3 is 2.19 bits per heavy atom. The zero-order chi connectivity index (χ0) is 19.9. The molecule has 1 amide bonds. The van der Waals surface area contributed by atoms with E-state index in [-0.39, 0.29) is 5.91 Å². The molecule has 3 N–H and O–H groups in total. The minimum Gasteiger partial charge on any atom is -0.355 e. The van der Waals surface area contributed by atoms with Crippen molar-refractivity contribution < 1.29 is 18.0 Å². The van der Waals surface area contributed by atoms with Gasteiger partial charge < -0.3 is 16.0 Å². The molecule has 27 heavy (non-hydrogen) atoms. The number of benzene rings is 2. The monoisotopic (exact) mass is 378 g/mol. The molecule has 8 heteroatoms. The summed E-state index contributed by atoms with van der Waals surface area (Å²) in [6.45, 7) is 0.771. The van der Waals surface area contributed by atoms with E-state index in [4.69, 9.17) is 0 Å². The highest BCUT2D eigenvalue weighted by Gasteiger charge is 2.29. The van der Waals surface area contributed by atoms with Gasteiger partial charge in [0.15, 0.2) is 5.96 Å². The van der Waals surface area contributed by atoms with Crippen LogP contribution >= 0.6 is 0 Å². The molecule has 0 aliphatic rings. The summed E-state index contributed by atoms with van der Waals surface area (Å²) < 4.78 is 37.7. The van der Waals surface area contributed by atoms with Crippen LogP contribution in [-0.2, 0) is 19.3 Å². The van der Waals surface area contributed by atoms with Crippen LogP contribution in [0.1, 0.15) is 27.0 Å². The van der Waals surface area contributed by atoms with Gasteiger partial charge in [0.2, 0.25) is 0 Å². The number of carbonyl (C=O) groups is 1. The van der Waals surface area contributed by atoms with E-state index >= 15 is 0 Å². The highest BCUT2D eigenvalue weighted by Crippen LogP contribution is 2.29. The van der Waals surface area contributed by atoms with E-state index in [0.717, 1.165) is 17.7 Å². The van der Waals surface area contributed by atoms with Gasteiger partial charge in [0.25, 0.3) is 5.91 Å². The smallest absolute Gasteiger partial charge is 0.355 e. The van der Waals surface area contributed by atoms with Gasteiger partial charge in [-0.3, -0.25) is 9.79 Å². The maximum Gasteiger partial charge on any atom is 0.416 e. The summed E-state index contributed by atoms with van der Waals surface area (Å²) in [6.07, 6.45) is -4.34. The van der Waals surface area contributed by atoms with Crippen molar-refractivity contribution in [1.82, 2.24) is 16.0 Å². The number of guanidine groups is 1. The van der Waals surface area contributed by atoms with Crippen molar-refractivity contribution in [2.45, 2.75) is 19.3 Å². The van der Waals surface area contributed by atoms with Gasteiger partial charge in [-0.1, -0.05) is 24.3 Å². The maximum atomic E-state index is 12.6. The van der Waals surface area contributed by atoms with E-state index in [2.05, 4.69) is 20.9 Å². The zero-order valence-electron chi connectivity index (χ0n) is 15.0. The Labute approximate surface area is 155 Å². The van der Waals surface area contributed by atoms with Crippen LogP contribution in [0.5, 0.6) is 0 Å². The third-order valence-electron chi connectivity index (χ3n) is 3.84. The first-order valence-electron chi connectivity index (χ1n) is 8.25. The van der Waals surface area contributed by atoms with E-state index in [9.17, 15) is 18.0 Å². The SMILES string of the molecule is CN=C(NCc1ccc(C(F)(F)F)cc1)NCc1cccc(C(=O)NC)c1. The fraction of sp³-hybridized carbons (Fsp3) is 0.263. The third-order valence-corrected chi connectivity index (χ3v) is 3.84. The molecule has 2 rings (SSSR count). The summed E-state index contributed by atoms with van der Waals surface area (Å²) in [6, 6.07) is 12.1. The third kappa shape index (κ3) is 6.02. The Bertz CT molecular complexity index is 801. The summed E-state index contributed by atoms with van der Waals surface area (Å²) in [5, 5.41) is 8.71. The number of amides is 1. The summed E-state index contributed by atoms with van der Waals surface area (Å²) in [5.74, 6) is 0.335. The molecule has 0 atom stereocenters. The van der Waals surface area contributed by atoms with Crippen LogP contribution in [0.4, 0.5) is 13.2 Å². The molecule has 5 nitrogen and oxygen atoms in total. The van der Waals surface area contributed by atoms with Crippen molar-refractivity contribution >= 4 is 11.9 Å². The van der Waals surface area contributed by atoms with Gasteiger partial charge in [-0.05, 0) is 35.4 Å². The number of carbonyl (C=O) groups excluding carboxylic acids is 1. The largest absolute Gasteiger partial charge is 0.416 e. The Balaban J connectivity index is 1.90. The van der Waals surface area contributed by atoms with Crippen LogP contribution in [0.25, 0.3) is 0 Å². The zero-order valence-corrected chi connectivity index (χ0v) is 15.0. The molecule has 2 aromatic rings. The quantitative estimate of drug-likeness (QED) is 0.554. The molecule has 0 saturated heterocycles. The second-order valence-electron chi connectivity index (χ2n) is 5.75. The van der Waals surface area contributed by atoms with Gasteiger partial charge in [-0.25, -0.2) is 0 Å². The molecular weight excluding hydrogens is 357 g/mol. The lowest BCUT2D eigenvalue weighted by atomic mass is 10.1. The predicted octanol–water partition coefficient (Wildman–Crippen LogP) is 2.93. The number of hydrogen-bond acceptors (Lipinski definition) is 2. The second kappa shape index (κ2) is 9.07. The minimum atomic E-state index is -4.34. The average molecular weight is 378 g/mol. The molecule has 0 aliphatic carbocycles. The van der Waals surface area contributed by atoms with Gasteiger partial charge >= 0.3 is 6.18 Å². The van der Waals surface area contributed by atoms with Crippen molar-refractivity contribution in [2.75, 3.05) is 14.1 Å². The first kappa shape index (κ1) is 20.3. The number of alkyl halides is 3. The van der Waals surface area contributed by atoms with E-state index in [1.54, 1.807) is 32.3 Å². The average Bonchev–Trinajstić information content (AvgIpc) is 2.67. The number of aliphatic imine (C=N–C) groups is 1. The van der Waals surface area contributed by atoms with E-state index in [1.165, 1.54) is 12.1 Å². The molecule has 0 radical (unpaired) electrons. The van der Waals surface area contributed by atoms with Crippen LogP contribution in [-0.4, -0.2) is 26.0 Å². The number of nitrogens with one attached hydrogen (secondary N) is 3. The van der Waals surface area contributed by atoms with E-state index < -0.39 is 11.7 Å². The minimum absolute atomic E-state index is 0.165. The van der Waals surface area contributed by atoms with Crippen molar-refractivity contribution in [3.8, 4) is 0 Å². The molecule has 144 valence electrons. The highest BCUT2D eigenvalue weighted by molar-refractivity contribution is 5.94. The normalized spacial score (nSPS) is 11.8. The van der Waals surface area contributed by atoms with Crippen LogP contribution in [0.15, 0.2) is 53.5 Å². The number of halogens is 3. The molecular formula is C19H21F3N4O. The summed E-state index contributed by atoms with van der Waals surface area (Å²) in [5.41, 5.74) is 1.48. The van der Waals surface area contributed by atoms with Gasteiger partial charge in [-0.2, -0.15) is 13.2 Å². The number of hydrogen-bond donors (Lipinski definition) is 3. The number of rotatable bonds is 5. The van der Waals surface area contributed by atoms with Crippen LogP contribution in [0.3, 0.4) is 0 Å². The van der Waals surface area contributed by atoms with Crippen molar-refractivity contribution in [3.63, 3.8) is 0 Å². The fourth-order valence-electron chi connectivity index (χ4n) is 2.37. The first-order valence-corrected chi connectivity index (χ1v) is 8.25. The van der Waals surface area contributed by atoms with Crippen molar-refractivity contribution in [2.24, 2.45) is 4.99 Å². The molecule has 0 aromatic heterocycles. The lowest BCUT2D eigenvalue weighted by Crippen LogP contribution is -2.36.